The number of aromatic nitrogens is 2. The van der Waals surface area contributed by atoms with Crippen LogP contribution in [0.15, 0.2) is 52.8 Å². The number of hydrogen-bond donors (Lipinski definition) is 0. The lowest BCUT2D eigenvalue weighted by atomic mass is 10.0. The molecule has 0 bridgehead atoms. The van der Waals surface area contributed by atoms with Gasteiger partial charge in [0.15, 0.2) is 0 Å². The molecule has 3 aromatic heterocycles. The molecule has 4 aromatic rings. The number of nitrogens with zero attached hydrogens (tertiary/aromatic N) is 4. The number of pyridine rings is 2. The van der Waals surface area contributed by atoms with Gasteiger partial charge in [-0.15, -0.1) is 11.3 Å². The Labute approximate surface area is 206 Å². The van der Waals surface area contributed by atoms with Crippen LogP contribution in [0.3, 0.4) is 0 Å². The molecule has 1 aliphatic heterocycles. The summed E-state index contributed by atoms with van der Waals surface area (Å²) in [6.45, 7) is 6.00. The Kier molecular flexibility index (Phi) is 6.79. The van der Waals surface area contributed by atoms with E-state index in [1.54, 1.807) is 23.5 Å². The summed E-state index contributed by atoms with van der Waals surface area (Å²) >= 11 is 1.73. The highest BCUT2D eigenvalue weighted by atomic mass is 32.1. The van der Waals surface area contributed by atoms with Gasteiger partial charge in [0.25, 0.3) is 5.56 Å². The SMILES string of the molecule is CC(=O)OCCn1c(=O)cc(CCN2CCN(c3nccc4sccc34)CC2)c2ccc(F)cc21. The van der Waals surface area contributed by atoms with E-state index in [0.29, 0.717) is 11.9 Å². The number of rotatable bonds is 7. The van der Waals surface area contributed by atoms with Crippen molar-refractivity contribution in [2.45, 2.75) is 19.9 Å². The minimum atomic E-state index is -0.409. The Hall–Kier alpha value is -3.30. The summed E-state index contributed by atoms with van der Waals surface area (Å²) in [5.74, 6) is 0.238. The molecular formula is C26H27FN4O3S. The van der Waals surface area contributed by atoms with Gasteiger partial charge in [0.2, 0.25) is 0 Å². The van der Waals surface area contributed by atoms with E-state index in [1.807, 2.05) is 6.20 Å². The molecule has 0 spiro atoms. The summed E-state index contributed by atoms with van der Waals surface area (Å²) in [4.78, 5) is 33.3. The minimum absolute atomic E-state index is 0.0679. The van der Waals surface area contributed by atoms with Crippen molar-refractivity contribution in [3.8, 4) is 0 Å². The number of benzene rings is 1. The van der Waals surface area contributed by atoms with Gasteiger partial charge in [0.05, 0.1) is 12.1 Å². The Morgan fingerprint density at radius 2 is 1.91 bits per heavy atom. The molecule has 5 rings (SSSR count). The quantitative estimate of drug-likeness (QED) is 0.365. The van der Waals surface area contributed by atoms with Gasteiger partial charge < -0.3 is 14.2 Å². The van der Waals surface area contributed by atoms with Crippen molar-refractivity contribution in [2.75, 3.05) is 44.2 Å². The van der Waals surface area contributed by atoms with Crippen LogP contribution in [0.1, 0.15) is 12.5 Å². The molecule has 0 amide bonds. The Bertz CT molecular complexity index is 1430. The number of carbonyl (C=O) groups is 1. The number of thiophene rings is 1. The Balaban J connectivity index is 1.28. The summed E-state index contributed by atoms with van der Waals surface area (Å²) < 4.78 is 21.8. The van der Waals surface area contributed by atoms with Crippen LogP contribution in [0.4, 0.5) is 10.2 Å². The maximum Gasteiger partial charge on any atom is 0.302 e. The molecule has 1 aliphatic rings. The van der Waals surface area contributed by atoms with Gasteiger partial charge in [-0.25, -0.2) is 9.37 Å². The van der Waals surface area contributed by atoms with Crippen molar-refractivity contribution in [1.29, 1.82) is 0 Å². The second-order valence-electron chi connectivity index (χ2n) is 8.71. The number of esters is 1. The molecule has 0 saturated carbocycles. The monoisotopic (exact) mass is 494 g/mol. The van der Waals surface area contributed by atoms with E-state index in [9.17, 15) is 14.0 Å². The fourth-order valence-electron chi connectivity index (χ4n) is 4.73. The maximum atomic E-state index is 14.0. The largest absolute Gasteiger partial charge is 0.464 e. The first-order chi connectivity index (χ1) is 17.0. The third kappa shape index (κ3) is 5.06. The van der Waals surface area contributed by atoms with Gasteiger partial charge in [-0.3, -0.25) is 14.5 Å². The smallest absolute Gasteiger partial charge is 0.302 e. The fourth-order valence-corrected chi connectivity index (χ4v) is 5.51. The van der Waals surface area contributed by atoms with E-state index in [2.05, 4.69) is 32.3 Å². The molecule has 1 saturated heterocycles. The molecule has 0 aliphatic carbocycles. The first kappa shape index (κ1) is 23.4. The predicted octanol–water partition coefficient (Wildman–Crippen LogP) is 3.68. The zero-order valence-corrected chi connectivity index (χ0v) is 20.4. The van der Waals surface area contributed by atoms with Gasteiger partial charge in [-0.1, -0.05) is 0 Å². The molecule has 35 heavy (non-hydrogen) atoms. The highest BCUT2D eigenvalue weighted by Gasteiger charge is 2.20. The van der Waals surface area contributed by atoms with Crippen molar-refractivity contribution in [3.63, 3.8) is 0 Å². The van der Waals surface area contributed by atoms with E-state index in [4.69, 9.17) is 4.74 Å². The number of fused-ring (bicyclic) bond motifs is 2. The van der Waals surface area contributed by atoms with Crippen molar-refractivity contribution in [3.05, 3.63) is 69.7 Å². The highest BCUT2D eigenvalue weighted by molar-refractivity contribution is 7.17. The van der Waals surface area contributed by atoms with Crippen LogP contribution in [0.2, 0.25) is 0 Å². The molecule has 0 atom stereocenters. The molecule has 4 heterocycles. The van der Waals surface area contributed by atoms with Crippen LogP contribution in [-0.4, -0.2) is 59.8 Å². The third-order valence-electron chi connectivity index (χ3n) is 6.51. The molecule has 182 valence electrons. The van der Waals surface area contributed by atoms with E-state index < -0.39 is 11.8 Å². The van der Waals surface area contributed by atoms with E-state index in [1.165, 1.54) is 33.7 Å². The predicted molar refractivity (Wildman–Crippen MR) is 137 cm³/mol. The van der Waals surface area contributed by atoms with Gasteiger partial charge in [0, 0.05) is 67.4 Å². The molecule has 0 N–H and O–H groups in total. The summed E-state index contributed by atoms with van der Waals surface area (Å²) in [5.41, 5.74) is 1.21. The van der Waals surface area contributed by atoms with Crippen LogP contribution in [0, 0.1) is 5.82 Å². The third-order valence-corrected chi connectivity index (χ3v) is 7.39. The second-order valence-corrected chi connectivity index (χ2v) is 9.65. The standard InChI is InChI=1S/C26H27FN4O3S/c1-18(32)34-14-13-31-23-17-20(27)2-3-21(23)19(16-25(31)33)5-8-29-9-11-30(12-10-29)26-22-6-15-35-24(22)4-7-28-26/h2-4,6-7,15-17H,5,8-14H2,1H3. The average molecular weight is 495 g/mol. The minimum Gasteiger partial charge on any atom is -0.464 e. The van der Waals surface area contributed by atoms with Gasteiger partial charge in [-0.2, -0.15) is 0 Å². The normalized spacial score (nSPS) is 14.6. The molecule has 9 heteroatoms. The topological polar surface area (TPSA) is 67.7 Å². The van der Waals surface area contributed by atoms with Crippen LogP contribution in [-0.2, 0) is 22.5 Å². The Morgan fingerprint density at radius 1 is 1.09 bits per heavy atom. The molecule has 1 aromatic carbocycles. The van der Waals surface area contributed by atoms with Crippen molar-refractivity contribution >= 4 is 44.1 Å². The maximum absolute atomic E-state index is 14.0. The lowest BCUT2D eigenvalue weighted by Gasteiger charge is -2.35. The molecular weight excluding hydrogens is 467 g/mol. The highest BCUT2D eigenvalue weighted by Crippen LogP contribution is 2.29. The van der Waals surface area contributed by atoms with Crippen molar-refractivity contribution < 1.29 is 13.9 Å². The lowest BCUT2D eigenvalue weighted by molar-refractivity contribution is -0.141. The molecule has 0 radical (unpaired) electrons. The molecule has 0 unspecified atom stereocenters. The van der Waals surface area contributed by atoms with Crippen molar-refractivity contribution in [1.82, 2.24) is 14.5 Å². The van der Waals surface area contributed by atoms with E-state index >= 15 is 0 Å². The first-order valence-corrected chi connectivity index (χ1v) is 12.6. The number of piperazine rings is 1. The number of ether oxygens (including phenoxy) is 1. The van der Waals surface area contributed by atoms with Gasteiger partial charge in [-0.05, 0) is 47.7 Å². The van der Waals surface area contributed by atoms with Gasteiger partial charge >= 0.3 is 5.97 Å². The fraction of sp³-hybridized carbons (Fsp3) is 0.346. The summed E-state index contributed by atoms with van der Waals surface area (Å²) in [7, 11) is 0. The van der Waals surface area contributed by atoms with Crippen LogP contribution in [0.25, 0.3) is 21.0 Å². The van der Waals surface area contributed by atoms with Crippen LogP contribution >= 0.6 is 11.3 Å². The summed E-state index contributed by atoms with van der Waals surface area (Å²) in [6.07, 6.45) is 2.57. The average Bonchev–Trinajstić information content (AvgIpc) is 3.33. The van der Waals surface area contributed by atoms with Gasteiger partial charge in [0.1, 0.15) is 18.2 Å². The summed E-state index contributed by atoms with van der Waals surface area (Å²) in [6, 6.07) is 10.4. The molecule has 7 nitrogen and oxygen atoms in total. The number of anilines is 1. The van der Waals surface area contributed by atoms with Crippen LogP contribution < -0.4 is 10.5 Å². The summed E-state index contributed by atoms with van der Waals surface area (Å²) in [5, 5.41) is 4.16. The van der Waals surface area contributed by atoms with E-state index in [-0.39, 0.29) is 18.7 Å². The molecule has 1 fully saturated rings. The number of halogens is 1. The second kappa shape index (κ2) is 10.1. The van der Waals surface area contributed by atoms with Crippen molar-refractivity contribution in [2.24, 2.45) is 0 Å². The lowest BCUT2D eigenvalue weighted by Crippen LogP contribution is -2.47. The van der Waals surface area contributed by atoms with Crippen LogP contribution in [0.5, 0.6) is 0 Å². The zero-order valence-electron chi connectivity index (χ0n) is 19.6. The Morgan fingerprint density at radius 3 is 2.71 bits per heavy atom. The zero-order chi connectivity index (χ0) is 24.4. The number of hydrogen-bond acceptors (Lipinski definition) is 7. The number of carbonyl (C=O) groups excluding carboxylic acids is 1. The van der Waals surface area contributed by atoms with E-state index in [0.717, 1.165) is 49.5 Å². The first-order valence-electron chi connectivity index (χ1n) is 11.7.